The van der Waals surface area contributed by atoms with Crippen LogP contribution in [0.4, 0.5) is 0 Å². The highest BCUT2D eigenvalue weighted by molar-refractivity contribution is 7.12. The Bertz CT molecular complexity index is 801. The molecule has 0 radical (unpaired) electrons. The Morgan fingerprint density at radius 3 is 2.89 bits per heavy atom. The van der Waals surface area contributed by atoms with E-state index in [1.807, 2.05) is 42.6 Å². The van der Waals surface area contributed by atoms with Gasteiger partial charge in [0.05, 0.1) is 17.4 Å². The van der Waals surface area contributed by atoms with E-state index in [0.29, 0.717) is 31.2 Å². The Kier molecular flexibility index (Phi) is 6.50. The van der Waals surface area contributed by atoms with Crippen LogP contribution in [0.3, 0.4) is 0 Å². The molecule has 6 heteroatoms. The number of benzene rings is 1. The number of ether oxygens (including phenoxy) is 2. The minimum atomic E-state index is -0.216. The summed E-state index contributed by atoms with van der Waals surface area (Å²) >= 11 is 1.42. The maximum atomic E-state index is 12.8. The number of likely N-dealkylation sites (tertiary alicyclic amines) is 1. The second kappa shape index (κ2) is 9.04. The standard InChI is InChI=1S/C21H25NO4S/c1-3-25-21(24)17-8-6-10-22(12-17)20(23)19-11-16(14-27-19)13-26-18-9-5-4-7-15(18)2/h4-5,7,9,11,14,17H,3,6,8,10,12-13H2,1-2H3. The summed E-state index contributed by atoms with van der Waals surface area (Å²) in [4.78, 5) is 27.2. The number of para-hydroxylation sites is 1. The molecule has 3 rings (SSSR count). The number of thiophene rings is 1. The average molecular weight is 388 g/mol. The van der Waals surface area contributed by atoms with Gasteiger partial charge in [-0.1, -0.05) is 18.2 Å². The molecule has 1 amide bonds. The number of hydrogen-bond donors (Lipinski definition) is 0. The smallest absolute Gasteiger partial charge is 0.310 e. The van der Waals surface area contributed by atoms with E-state index < -0.39 is 0 Å². The molecule has 0 aliphatic carbocycles. The van der Waals surface area contributed by atoms with Crippen molar-refractivity contribution >= 4 is 23.2 Å². The van der Waals surface area contributed by atoms with Gasteiger partial charge in [0.15, 0.2) is 0 Å². The predicted octanol–water partition coefficient (Wildman–Crippen LogP) is 4.05. The number of hydrogen-bond acceptors (Lipinski definition) is 5. The van der Waals surface area contributed by atoms with Gasteiger partial charge in [-0.15, -0.1) is 11.3 Å². The molecule has 1 saturated heterocycles. The molecule has 1 atom stereocenters. The van der Waals surface area contributed by atoms with Crippen LogP contribution in [-0.4, -0.2) is 36.5 Å². The van der Waals surface area contributed by atoms with Crippen LogP contribution in [0.15, 0.2) is 35.7 Å². The van der Waals surface area contributed by atoms with E-state index in [1.165, 1.54) is 11.3 Å². The molecule has 1 aromatic carbocycles. The van der Waals surface area contributed by atoms with Gasteiger partial charge in [-0.05, 0) is 49.8 Å². The van der Waals surface area contributed by atoms with Crippen LogP contribution in [0.2, 0.25) is 0 Å². The van der Waals surface area contributed by atoms with Crippen LogP contribution in [-0.2, 0) is 16.1 Å². The number of esters is 1. The summed E-state index contributed by atoms with van der Waals surface area (Å²) in [6.07, 6.45) is 1.60. The van der Waals surface area contributed by atoms with E-state index in [9.17, 15) is 9.59 Å². The minimum Gasteiger partial charge on any atom is -0.489 e. The minimum absolute atomic E-state index is 0.0175. The highest BCUT2D eigenvalue weighted by atomic mass is 32.1. The van der Waals surface area contributed by atoms with Crippen LogP contribution >= 0.6 is 11.3 Å². The monoisotopic (exact) mass is 387 g/mol. The Hall–Kier alpha value is -2.34. The van der Waals surface area contributed by atoms with Gasteiger partial charge >= 0.3 is 5.97 Å². The van der Waals surface area contributed by atoms with Crippen molar-refractivity contribution in [1.29, 1.82) is 0 Å². The number of carbonyl (C=O) groups excluding carboxylic acids is 2. The molecule has 1 aliphatic heterocycles. The molecule has 0 bridgehead atoms. The molecule has 144 valence electrons. The molecule has 1 fully saturated rings. The fourth-order valence-corrected chi connectivity index (χ4v) is 4.08. The third-order valence-electron chi connectivity index (χ3n) is 4.68. The fraction of sp³-hybridized carbons (Fsp3) is 0.429. The van der Waals surface area contributed by atoms with Crippen LogP contribution < -0.4 is 4.74 Å². The molecule has 5 nitrogen and oxygen atoms in total. The Morgan fingerprint density at radius 2 is 2.11 bits per heavy atom. The maximum Gasteiger partial charge on any atom is 0.310 e. The lowest BCUT2D eigenvalue weighted by Gasteiger charge is -2.31. The molecular formula is C21H25NO4S. The van der Waals surface area contributed by atoms with Gasteiger partial charge in [-0.3, -0.25) is 9.59 Å². The quantitative estimate of drug-likeness (QED) is 0.702. The molecule has 0 spiro atoms. The Morgan fingerprint density at radius 1 is 1.30 bits per heavy atom. The Labute approximate surface area is 163 Å². The summed E-state index contributed by atoms with van der Waals surface area (Å²) in [6, 6.07) is 9.76. The van der Waals surface area contributed by atoms with Gasteiger partial charge in [0.1, 0.15) is 12.4 Å². The number of amides is 1. The van der Waals surface area contributed by atoms with Gasteiger partial charge in [-0.25, -0.2) is 0 Å². The van der Waals surface area contributed by atoms with Crippen LogP contribution in [0.25, 0.3) is 0 Å². The summed E-state index contributed by atoms with van der Waals surface area (Å²) in [6.45, 7) is 5.73. The van der Waals surface area contributed by atoms with Gasteiger partial charge < -0.3 is 14.4 Å². The van der Waals surface area contributed by atoms with Crippen molar-refractivity contribution in [3.8, 4) is 5.75 Å². The Balaban J connectivity index is 1.59. The lowest BCUT2D eigenvalue weighted by molar-refractivity contribution is -0.149. The summed E-state index contributed by atoms with van der Waals surface area (Å²) < 4.78 is 11.0. The van der Waals surface area contributed by atoms with Crippen molar-refractivity contribution in [2.24, 2.45) is 5.92 Å². The molecule has 1 aromatic heterocycles. The summed E-state index contributed by atoms with van der Waals surface area (Å²) in [5, 5.41) is 1.96. The molecular weight excluding hydrogens is 362 g/mol. The lowest BCUT2D eigenvalue weighted by Crippen LogP contribution is -2.42. The van der Waals surface area contributed by atoms with Gasteiger partial charge in [0, 0.05) is 18.7 Å². The summed E-state index contributed by atoms with van der Waals surface area (Å²) in [5.41, 5.74) is 2.06. The van der Waals surface area contributed by atoms with E-state index in [0.717, 1.165) is 29.7 Å². The second-order valence-corrected chi connectivity index (χ2v) is 7.63. The van der Waals surface area contributed by atoms with Crippen molar-refractivity contribution in [3.05, 3.63) is 51.7 Å². The van der Waals surface area contributed by atoms with Crippen molar-refractivity contribution in [3.63, 3.8) is 0 Å². The van der Waals surface area contributed by atoms with E-state index in [2.05, 4.69) is 0 Å². The van der Waals surface area contributed by atoms with Gasteiger partial charge in [0.2, 0.25) is 0 Å². The molecule has 1 unspecified atom stereocenters. The van der Waals surface area contributed by atoms with E-state index in [-0.39, 0.29) is 17.8 Å². The zero-order valence-corrected chi connectivity index (χ0v) is 16.6. The number of rotatable bonds is 6. The largest absolute Gasteiger partial charge is 0.489 e. The van der Waals surface area contributed by atoms with E-state index in [1.54, 1.807) is 11.8 Å². The number of aryl methyl sites for hydroxylation is 1. The zero-order valence-electron chi connectivity index (χ0n) is 15.8. The molecule has 27 heavy (non-hydrogen) atoms. The topological polar surface area (TPSA) is 55.8 Å². The van der Waals surface area contributed by atoms with Gasteiger partial charge in [0.25, 0.3) is 5.91 Å². The van der Waals surface area contributed by atoms with Gasteiger partial charge in [-0.2, -0.15) is 0 Å². The van der Waals surface area contributed by atoms with Crippen molar-refractivity contribution < 1.29 is 19.1 Å². The summed E-state index contributed by atoms with van der Waals surface area (Å²) in [5.74, 6) is 0.418. The maximum absolute atomic E-state index is 12.8. The predicted molar refractivity (Wildman–Crippen MR) is 105 cm³/mol. The average Bonchev–Trinajstić information content (AvgIpc) is 3.16. The first-order valence-corrected chi connectivity index (χ1v) is 10.2. The number of carbonyl (C=O) groups is 2. The van der Waals surface area contributed by atoms with Crippen molar-refractivity contribution in [2.45, 2.75) is 33.3 Å². The fourth-order valence-electron chi connectivity index (χ4n) is 3.21. The highest BCUT2D eigenvalue weighted by Crippen LogP contribution is 2.24. The lowest BCUT2D eigenvalue weighted by atomic mass is 9.98. The highest BCUT2D eigenvalue weighted by Gasteiger charge is 2.30. The first kappa shape index (κ1) is 19.4. The summed E-state index contributed by atoms with van der Waals surface area (Å²) in [7, 11) is 0. The van der Waals surface area contributed by atoms with Crippen LogP contribution in [0, 0.1) is 12.8 Å². The van der Waals surface area contributed by atoms with E-state index in [4.69, 9.17) is 9.47 Å². The number of nitrogens with zero attached hydrogens (tertiary/aromatic N) is 1. The number of piperidine rings is 1. The van der Waals surface area contributed by atoms with E-state index >= 15 is 0 Å². The zero-order chi connectivity index (χ0) is 19.2. The second-order valence-electron chi connectivity index (χ2n) is 6.72. The first-order chi connectivity index (χ1) is 13.1. The normalized spacial score (nSPS) is 16.8. The molecule has 1 aliphatic rings. The van der Waals surface area contributed by atoms with Crippen molar-refractivity contribution in [1.82, 2.24) is 4.90 Å². The van der Waals surface area contributed by atoms with Crippen LogP contribution in [0.1, 0.15) is 40.6 Å². The van der Waals surface area contributed by atoms with Crippen molar-refractivity contribution in [2.75, 3.05) is 19.7 Å². The molecule has 0 saturated carbocycles. The SMILES string of the molecule is CCOC(=O)C1CCCN(C(=O)c2cc(COc3ccccc3C)cs2)C1. The van der Waals surface area contributed by atoms with Crippen LogP contribution in [0.5, 0.6) is 5.75 Å². The third kappa shape index (κ3) is 4.89. The molecule has 0 N–H and O–H groups in total. The molecule has 2 heterocycles. The first-order valence-electron chi connectivity index (χ1n) is 9.30. The molecule has 2 aromatic rings. The third-order valence-corrected chi connectivity index (χ3v) is 5.65.